The first-order chi connectivity index (χ1) is 10.0. The summed E-state index contributed by atoms with van der Waals surface area (Å²) in [4.78, 5) is 2.30. The third-order valence-electron chi connectivity index (χ3n) is 3.40. The van der Waals surface area contributed by atoms with Gasteiger partial charge in [-0.2, -0.15) is 0 Å². The first kappa shape index (κ1) is 14.7. The van der Waals surface area contributed by atoms with E-state index in [2.05, 4.69) is 9.62 Å². The van der Waals surface area contributed by atoms with E-state index < -0.39 is 10.0 Å². The lowest BCUT2D eigenvalue weighted by Gasteiger charge is -2.17. The molecule has 1 aromatic carbocycles. The fraction of sp³-hybridized carbons (Fsp3) is 0.286. The Balaban J connectivity index is 1.75. The van der Waals surface area contributed by atoms with Crippen molar-refractivity contribution in [1.29, 1.82) is 0 Å². The van der Waals surface area contributed by atoms with Crippen LogP contribution in [0.3, 0.4) is 0 Å². The van der Waals surface area contributed by atoms with Gasteiger partial charge in [-0.25, -0.2) is 8.42 Å². The van der Waals surface area contributed by atoms with Crippen molar-refractivity contribution >= 4 is 44.3 Å². The molecule has 0 radical (unpaired) electrons. The lowest BCUT2D eigenvalue weighted by Crippen LogP contribution is -2.17. The highest BCUT2D eigenvalue weighted by Gasteiger charge is 2.17. The zero-order valence-electron chi connectivity index (χ0n) is 11.3. The molecule has 0 saturated carbocycles. The molecule has 7 heteroatoms. The van der Waals surface area contributed by atoms with Crippen molar-refractivity contribution in [3.63, 3.8) is 0 Å². The summed E-state index contributed by atoms with van der Waals surface area (Å²) in [5.41, 5.74) is 1.69. The first-order valence-electron chi connectivity index (χ1n) is 6.68. The molecule has 1 aliphatic rings. The largest absolute Gasteiger partial charge is 0.372 e. The molecule has 1 N–H and O–H groups in total. The van der Waals surface area contributed by atoms with Crippen molar-refractivity contribution in [2.75, 3.05) is 22.7 Å². The number of rotatable bonds is 4. The summed E-state index contributed by atoms with van der Waals surface area (Å²) in [5.74, 6) is 0. The highest BCUT2D eigenvalue weighted by Crippen LogP contribution is 2.28. The Morgan fingerprint density at radius 2 is 1.71 bits per heavy atom. The van der Waals surface area contributed by atoms with Crippen LogP contribution in [-0.2, 0) is 10.0 Å². The van der Waals surface area contributed by atoms with Gasteiger partial charge in [-0.15, -0.1) is 11.3 Å². The van der Waals surface area contributed by atoms with Crippen LogP contribution in [0.25, 0.3) is 0 Å². The molecule has 112 valence electrons. The fourth-order valence-electron chi connectivity index (χ4n) is 2.36. The summed E-state index contributed by atoms with van der Waals surface area (Å²) >= 11 is 6.83. The lowest BCUT2D eigenvalue weighted by atomic mass is 10.2. The van der Waals surface area contributed by atoms with Crippen LogP contribution < -0.4 is 9.62 Å². The van der Waals surface area contributed by atoms with Crippen LogP contribution in [0.2, 0.25) is 4.34 Å². The van der Waals surface area contributed by atoms with Crippen molar-refractivity contribution in [1.82, 2.24) is 0 Å². The zero-order valence-corrected chi connectivity index (χ0v) is 13.6. The number of benzene rings is 1. The van der Waals surface area contributed by atoms with Gasteiger partial charge in [0.05, 0.1) is 4.34 Å². The van der Waals surface area contributed by atoms with Crippen LogP contribution >= 0.6 is 22.9 Å². The third-order valence-corrected chi connectivity index (χ3v) is 6.51. The average Bonchev–Trinajstić information content (AvgIpc) is 3.10. The molecule has 0 atom stereocenters. The number of halogens is 1. The van der Waals surface area contributed by atoms with E-state index in [1.54, 1.807) is 18.2 Å². The lowest BCUT2D eigenvalue weighted by molar-refractivity contribution is 0.603. The van der Waals surface area contributed by atoms with Gasteiger partial charge in [0, 0.05) is 24.5 Å². The van der Waals surface area contributed by atoms with Crippen molar-refractivity contribution in [2.24, 2.45) is 0 Å². The monoisotopic (exact) mass is 342 g/mol. The summed E-state index contributed by atoms with van der Waals surface area (Å²) < 4.78 is 27.6. The van der Waals surface area contributed by atoms with Gasteiger partial charge < -0.3 is 4.90 Å². The maximum Gasteiger partial charge on any atom is 0.271 e. The number of thiophene rings is 1. The van der Waals surface area contributed by atoms with Crippen molar-refractivity contribution < 1.29 is 8.42 Å². The normalized spacial score (nSPS) is 15.4. The van der Waals surface area contributed by atoms with Crippen molar-refractivity contribution in [3.8, 4) is 0 Å². The van der Waals surface area contributed by atoms with Gasteiger partial charge in [-0.1, -0.05) is 11.6 Å². The van der Waals surface area contributed by atoms with Gasteiger partial charge in [0.25, 0.3) is 10.0 Å². The van der Waals surface area contributed by atoms with E-state index >= 15 is 0 Å². The van der Waals surface area contributed by atoms with Gasteiger partial charge in [0.15, 0.2) is 0 Å². The number of sulfonamides is 1. The van der Waals surface area contributed by atoms with Crippen molar-refractivity contribution in [3.05, 3.63) is 40.7 Å². The Hall–Kier alpha value is -1.24. The minimum Gasteiger partial charge on any atom is -0.372 e. The molecule has 0 amide bonds. The molecule has 0 unspecified atom stereocenters. The maximum absolute atomic E-state index is 12.2. The molecule has 2 aromatic rings. The number of nitrogens with zero attached hydrogens (tertiary/aromatic N) is 1. The van der Waals surface area contributed by atoms with E-state index in [1.165, 1.54) is 18.9 Å². The van der Waals surface area contributed by atoms with Gasteiger partial charge >= 0.3 is 0 Å². The van der Waals surface area contributed by atoms with E-state index in [9.17, 15) is 8.42 Å². The van der Waals surface area contributed by atoms with Crippen LogP contribution in [0.1, 0.15) is 12.8 Å². The molecule has 1 fully saturated rings. The topological polar surface area (TPSA) is 49.4 Å². The first-order valence-corrected chi connectivity index (χ1v) is 9.35. The predicted octanol–water partition coefficient (Wildman–Crippen LogP) is 3.80. The summed E-state index contributed by atoms with van der Waals surface area (Å²) in [6.07, 6.45) is 2.43. The van der Waals surface area contributed by atoms with Crippen LogP contribution in [0.4, 0.5) is 11.4 Å². The van der Waals surface area contributed by atoms with Gasteiger partial charge in [-0.3, -0.25) is 4.72 Å². The van der Waals surface area contributed by atoms with Gasteiger partial charge in [-0.05, 0) is 49.2 Å². The fourth-order valence-corrected chi connectivity index (χ4v) is 4.90. The van der Waals surface area contributed by atoms with Crippen LogP contribution in [-0.4, -0.2) is 21.5 Å². The third kappa shape index (κ3) is 3.33. The number of hydrogen-bond donors (Lipinski definition) is 1. The van der Waals surface area contributed by atoms with Crippen molar-refractivity contribution in [2.45, 2.75) is 17.1 Å². The Morgan fingerprint density at radius 1 is 1.05 bits per heavy atom. The second kappa shape index (κ2) is 5.87. The molecule has 0 bridgehead atoms. The van der Waals surface area contributed by atoms with E-state index in [1.807, 2.05) is 12.1 Å². The smallest absolute Gasteiger partial charge is 0.271 e. The van der Waals surface area contributed by atoms with E-state index in [-0.39, 0.29) is 4.21 Å². The van der Waals surface area contributed by atoms with E-state index in [0.29, 0.717) is 10.0 Å². The molecule has 3 rings (SSSR count). The summed E-state index contributed by atoms with van der Waals surface area (Å²) in [7, 11) is -3.55. The minimum absolute atomic E-state index is 0.219. The van der Waals surface area contributed by atoms with E-state index in [4.69, 9.17) is 11.6 Å². The van der Waals surface area contributed by atoms with Crippen LogP contribution in [0.15, 0.2) is 40.6 Å². The quantitative estimate of drug-likeness (QED) is 0.919. The standard InChI is InChI=1S/C14H15ClN2O2S2/c15-13-7-8-14(20-13)21(18,19)16-11-3-5-12(6-4-11)17-9-1-2-10-17/h3-8,16H,1-2,9-10H2. The molecule has 4 nitrogen and oxygen atoms in total. The second-order valence-electron chi connectivity index (χ2n) is 4.91. The molecule has 1 aliphatic heterocycles. The molecular weight excluding hydrogens is 328 g/mol. The molecular formula is C14H15ClN2O2S2. The highest BCUT2D eigenvalue weighted by molar-refractivity contribution is 7.94. The number of hydrogen-bond acceptors (Lipinski definition) is 4. The average molecular weight is 343 g/mol. The van der Waals surface area contributed by atoms with E-state index in [0.717, 1.165) is 30.1 Å². The summed E-state index contributed by atoms with van der Waals surface area (Å²) in [6.45, 7) is 2.14. The Kier molecular flexibility index (Phi) is 4.10. The summed E-state index contributed by atoms with van der Waals surface area (Å²) in [5, 5.41) is 0. The molecule has 21 heavy (non-hydrogen) atoms. The van der Waals surface area contributed by atoms with Gasteiger partial charge in [0.2, 0.25) is 0 Å². The molecule has 0 spiro atoms. The molecule has 0 aliphatic carbocycles. The maximum atomic E-state index is 12.2. The Morgan fingerprint density at radius 3 is 2.29 bits per heavy atom. The molecule has 1 saturated heterocycles. The Labute approximate surface area is 133 Å². The summed E-state index contributed by atoms with van der Waals surface area (Å²) in [6, 6.07) is 10.6. The highest BCUT2D eigenvalue weighted by atomic mass is 35.5. The molecule has 1 aromatic heterocycles. The number of anilines is 2. The molecule has 2 heterocycles. The van der Waals surface area contributed by atoms with Gasteiger partial charge in [0.1, 0.15) is 4.21 Å². The second-order valence-corrected chi connectivity index (χ2v) is 8.53. The van der Waals surface area contributed by atoms with Crippen LogP contribution in [0.5, 0.6) is 0 Å². The Bertz CT molecular complexity index is 720. The minimum atomic E-state index is -3.55. The number of nitrogens with one attached hydrogen (secondary N) is 1. The predicted molar refractivity (Wildman–Crippen MR) is 88.0 cm³/mol. The SMILES string of the molecule is O=S(=O)(Nc1ccc(N2CCCC2)cc1)c1ccc(Cl)s1. The zero-order chi connectivity index (χ0) is 14.9. The van der Waals surface area contributed by atoms with Crippen LogP contribution in [0, 0.1) is 0 Å².